The Bertz CT molecular complexity index is 667. The molecule has 0 aliphatic carbocycles. The highest BCUT2D eigenvalue weighted by atomic mass is 32.2. The van der Waals surface area contributed by atoms with Gasteiger partial charge >= 0.3 is 0 Å². The van der Waals surface area contributed by atoms with Crippen LogP contribution in [0, 0.1) is 0 Å². The van der Waals surface area contributed by atoms with Crippen molar-refractivity contribution in [3.63, 3.8) is 0 Å². The molecule has 2 heterocycles. The zero-order valence-corrected chi connectivity index (χ0v) is 14.5. The predicted octanol–water partition coefficient (Wildman–Crippen LogP) is 1.14. The van der Waals surface area contributed by atoms with Crippen molar-refractivity contribution < 1.29 is 18.0 Å². The number of carbonyl (C=O) groups excluding carboxylic acids is 2. The number of rotatable bonds is 5. The second-order valence-electron chi connectivity index (χ2n) is 5.85. The third kappa shape index (κ3) is 3.17. The average Bonchev–Trinajstić information content (AvgIpc) is 2.88. The summed E-state index contributed by atoms with van der Waals surface area (Å²) in [6.07, 6.45) is 0.695. The Kier molecular flexibility index (Phi) is 4.62. The second kappa shape index (κ2) is 6.00. The Balaban J connectivity index is 2.07. The number of thiophene rings is 1. The van der Waals surface area contributed by atoms with Crippen molar-refractivity contribution in [3.05, 3.63) is 22.4 Å². The molecule has 0 saturated carbocycles. The molecule has 8 heteroatoms. The summed E-state index contributed by atoms with van der Waals surface area (Å²) in [5, 5.41) is 1.19. The topological polar surface area (TPSA) is 83.6 Å². The van der Waals surface area contributed by atoms with Crippen LogP contribution in [0.3, 0.4) is 0 Å². The SMILES string of the molecule is CC(C)S(=O)(=O)NC(=O)C1(C)CCN1C(=O)Cc1cccs1. The standard InChI is InChI=1S/C14H20N2O4S2/c1-10(2)22(19,20)15-13(18)14(3)6-7-16(14)12(17)9-11-5-4-8-21-11/h4-5,8,10H,6-7,9H2,1-3H3,(H,15,18). The van der Waals surface area contributed by atoms with Gasteiger partial charge in [0.25, 0.3) is 5.91 Å². The normalized spacial score (nSPS) is 21.5. The van der Waals surface area contributed by atoms with E-state index in [1.807, 2.05) is 17.5 Å². The predicted molar refractivity (Wildman–Crippen MR) is 85.0 cm³/mol. The lowest BCUT2D eigenvalue weighted by Crippen LogP contribution is -2.68. The highest BCUT2D eigenvalue weighted by molar-refractivity contribution is 7.90. The fraction of sp³-hybridized carbons (Fsp3) is 0.571. The molecule has 0 aromatic carbocycles. The first kappa shape index (κ1) is 17.0. The number of nitrogens with zero attached hydrogens (tertiary/aromatic N) is 1. The summed E-state index contributed by atoms with van der Waals surface area (Å²) < 4.78 is 25.7. The van der Waals surface area contributed by atoms with Crippen molar-refractivity contribution in [1.82, 2.24) is 9.62 Å². The van der Waals surface area contributed by atoms with E-state index in [0.717, 1.165) is 4.88 Å². The fourth-order valence-corrected chi connectivity index (χ4v) is 3.62. The first-order valence-corrected chi connectivity index (χ1v) is 9.48. The molecule has 1 aromatic rings. The number of amides is 2. The van der Waals surface area contributed by atoms with Crippen LogP contribution in [0.1, 0.15) is 32.1 Å². The second-order valence-corrected chi connectivity index (χ2v) is 9.12. The van der Waals surface area contributed by atoms with Crippen molar-refractivity contribution in [2.24, 2.45) is 0 Å². The van der Waals surface area contributed by atoms with E-state index in [1.165, 1.54) is 30.1 Å². The molecule has 1 unspecified atom stereocenters. The van der Waals surface area contributed by atoms with Gasteiger partial charge in [0, 0.05) is 11.4 Å². The van der Waals surface area contributed by atoms with Gasteiger partial charge in [-0.2, -0.15) is 0 Å². The summed E-state index contributed by atoms with van der Waals surface area (Å²) in [4.78, 5) is 27.0. The van der Waals surface area contributed by atoms with Crippen LogP contribution < -0.4 is 4.72 Å². The van der Waals surface area contributed by atoms with Crippen molar-refractivity contribution in [1.29, 1.82) is 0 Å². The Morgan fingerprint density at radius 2 is 2.14 bits per heavy atom. The number of hydrogen-bond donors (Lipinski definition) is 1. The van der Waals surface area contributed by atoms with Crippen LogP contribution >= 0.6 is 11.3 Å². The zero-order chi connectivity index (χ0) is 16.5. The lowest BCUT2D eigenvalue weighted by Gasteiger charge is -2.49. The Labute approximate surface area is 134 Å². The minimum absolute atomic E-state index is 0.159. The fourth-order valence-electron chi connectivity index (χ4n) is 2.21. The molecule has 1 fully saturated rings. The van der Waals surface area contributed by atoms with E-state index in [4.69, 9.17) is 0 Å². The summed E-state index contributed by atoms with van der Waals surface area (Å²) in [6.45, 7) is 5.07. The molecule has 1 aliphatic heterocycles. The van der Waals surface area contributed by atoms with E-state index in [-0.39, 0.29) is 12.3 Å². The molecule has 1 aromatic heterocycles. The van der Waals surface area contributed by atoms with E-state index in [0.29, 0.717) is 13.0 Å². The third-order valence-corrected chi connectivity index (χ3v) is 6.56. The van der Waals surface area contributed by atoms with Gasteiger partial charge < -0.3 is 4.90 Å². The van der Waals surface area contributed by atoms with E-state index < -0.39 is 26.7 Å². The molecular formula is C14H20N2O4S2. The number of hydrogen-bond acceptors (Lipinski definition) is 5. The average molecular weight is 344 g/mol. The molecule has 1 saturated heterocycles. The molecule has 2 amide bonds. The van der Waals surface area contributed by atoms with Crippen LogP contribution in [0.15, 0.2) is 17.5 Å². The molecule has 0 spiro atoms. The van der Waals surface area contributed by atoms with Crippen molar-refractivity contribution in [3.8, 4) is 0 Å². The maximum atomic E-state index is 12.3. The summed E-state index contributed by atoms with van der Waals surface area (Å²) in [7, 11) is -3.69. The molecule has 1 atom stereocenters. The quantitative estimate of drug-likeness (QED) is 0.868. The van der Waals surface area contributed by atoms with Crippen LogP contribution in [-0.2, 0) is 26.0 Å². The minimum Gasteiger partial charge on any atom is -0.328 e. The van der Waals surface area contributed by atoms with Crippen molar-refractivity contribution in [2.45, 2.75) is 44.4 Å². The van der Waals surface area contributed by atoms with Crippen LogP contribution in [0.25, 0.3) is 0 Å². The van der Waals surface area contributed by atoms with E-state index >= 15 is 0 Å². The monoisotopic (exact) mass is 344 g/mol. The van der Waals surface area contributed by atoms with E-state index in [2.05, 4.69) is 4.72 Å². The lowest BCUT2D eigenvalue weighted by molar-refractivity contribution is -0.156. The van der Waals surface area contributed by atoms with Crippen LogP contribution in [0.5, 0.6) is 0 Å². The summed E-state index contributed by atoms with van der Waals surface area (Å²) in [6, 6.07) is 3.73. The first-order valence-electron chi connectivity index (χ1n) is 7.06. The van der Waals surface area contributed by atoms with E-state index in [1.54, 1.807) is 6.92 Å². The number of nitrogens with one attached hydrogen (secondary N) is 1. The van der Waals surface area contributed by atoms with Gasteiger partial charge in [0.15, 0.2) is 0 Å². The molecule has 22 heavy (non-hydrogen) atoms. The first-order chi connectivity index (χ1) is 10.2. The van der Waals surface area contributed by atoms with Gasteiger partial charge in [-0.25, -0.2) is 8.42 Å². The Hall–Kier alpha value is -1.41. The molecule has 1 aliphatic rings. The highest BCUT2D eigenvalue weighted by Gasteiger charge is 2.50. The minimum atomic E-state index is -3.69. The third-order valence-electron chi connectivity index (χ3n) is 3.97. The van der Waals surface area contributed by atoms with Gasteiger partial charge in [-0.1, -0.05) is 6.07 Å². The summed E-state index contributed by atoms with van der Waals surface area (Å²) in [5.41, 5.74) is -1.09. The molecule has 122 valence electrons. The van der Waals surface area contributed by atoms with Gasteiger partial charge in [0.2, 0.25) is 15.9 Å². The molecule has 2 rings (SSSR count). The van der Waals surface area contributed by atoms with Gasteiger partial charge in [0.1, 0.15) is 5.54 Å². The zero-order valence-electron chi connectivity index (χ0n) is 12.8. The smallest absolute Gasteiger partial charge is 0.259 e. The van der Waals surface area contributed by atoms with Crippen LogP contribution in [0.4, 0.5) is 0 Å². The number of sulfonamides is 1. The van der Waals surface area contributed by atoms with Gasteiger partial charge in [-0.15, -0.1) is 11.3 Å². The summed E-state index contributed by atoms with van der Waals surface area (Å²) >= 11 is 1.48. The number of carbonyl (C=O) groups is 2. The van der Waals surface area contributed by atoms with Gasteiger partial charge in [0.05, 0.1) is 11.7 Å². The largest absolute Gasteiger partial charge is 0.328 e. The molecule has 6 nitrogen and oxygen atoms in total. The van der Waals surface area contributed by atoms with E-state index in [9.17, 15) is 18.0 Å². The molecular weight excluding hydrogens is 324 g/mol. The maximum Gasteiger partial charge on any atom is 0.259 e. The highest BCUT2D eigenvalue weighted by Crippen LogP contribution is 2.32. The Morgan fingerprint density at radius 1 is 1.45 bits per heavy atom. The van der Waals surface area contributed by atoms with Gasteiger partial charge in [-0.3, -0.25) is 14.3 Å². The summed E-state index contributed by atoms with van der Waals surface area (Å²) in [5.74, 6) is -0.791. The van der Waals surface area contributed by atoms with Gasteiger partial charge in [-0.05, 0) is 38.6 Å². The lowest BCUT2D eigenvalue weighted by atomic mass is 9.85. The van der Waals surface area contributed by atoms with Crippen molar-refractivity contribution >= 4 is 33.2 Å². The maximum absolute atomic E-state index is 12.3. The Morgan fingerprint density at radius 3 is 2.59 bits per heavy atom. The molecule has 0 radical (unpaired) electrons. The van der Waals surface area contributed by atoms with Crippen LogP contribution in [-0.4, -0.2) is 42.5 Å². The van der Waals surface area contributed by atoms with Crippen molar-refractivity contribution in [2.75, 3.05) is 6.54 Å². The van der Waals surface area contributed by atoms with Crippen LogP contribution in [0.2, 0.25) is 0 Å². The molecule has 0 bridgehead atoms. The molecule has 1 N–H and O–H groups in total. The number of likely N-dealkylation sites (tertiary alicyclic amines) is 1.